The fourth-order valence-corrected chi connectivity index (χ4v) is 9.66. The van der Waals surface area contributed by atoms with Gasteiger partial charge in [-0.05, 0) is 29.2 Å². The van der Waals surface area contributed by atoms with Crippen LogP contribution in [0.2, 0.25) is 39.3 Å². The number of likely N-dealkylation sites (N-methyl/N-ethyl adjacent to an activating group) is 1. The van der Waals surface area contributed by atoms with Crippen LogP contribution in [0, 0.1) is 0 Å². The summed E-state index contributed by atoms with van der Waals surface area (Å²) in [6.07, 6.45) is 0.688. The van der Waals surface area contributed by atoms with Crippen LogP contribution in [-0.2, 0) is 11.2 Å². The Bertz CT molecular complexity index is 1000. The average Bonchev–Trinajstić information content (AvgIpc) is 2.64. The summed E-state index contributed by atoms with van der Waals surface area (Å²) < 4.78 is 5.42. The molecule has 1 atom stereocenters. The van der Waals surface area contributed by atoms with E-state index < -0.39 is 16.1 Å². The fraction of sp³-hybridized carbons (Fsp3) is 0.458. The molecule has 2 aromatic carbocycles. The Morgan fingerprint density at radius 2 is 1.63 bits per heavy atom. The molecule has 0 radical (unpaired) electrons. The maximum Gasteiger partial charge on any atom is 0.219 e. The fourth-order valence-electron chi connectivity index (χ4n) is 4.48. The first-order chi connectivity index (χ1) is 13.8. The summed E-state index contributed by atoms with van der Waals surface area (Å²) in [6, 6.07) is 8.50. The molecular formula is C24H35NO3Si2. The number of nitrogens with zero attached hydrogens (tertiary/aromatic N) is 1. The van der Waals surface area contributed by atoms with Crippen molar-refractivity contribution in [2.24, 2.45) is 0 Å². The number of carbonyl (C=O) groups excluding carboxylic acids is 1. The topological polar surface area (TPSA) is 49.8 Å². The zero-order valence-corrected chi connectivity index (χ0v) is 21.8. The number of methoxy groups -OCH3 is 1. The van der Waals surface area contributed by atoms with Crippen LogP contribution in [-0.4, -0.2) is 46.2 Å². The molecule has 3 rings (SSSR count). The lowest BCUT2D eigenvalue weighted by atomic mass is 9.81. The minimum atomic E-state index is -1.64. The van der Waals surface area contributed by atoms with Gasteiger partial charge in [-0.25, -0.2) is 0 Å². The zero-order chi connectivity index (χ0) is 22.6. The Balaban J connectivity index is 2.43. The van der Waals surface area contributed by atoms with Gasteiger partial charge in [0.15, 0.2) is 11.5 Å². The lowest BCUT2D eigenvalue weighted by Gasteiger charge is -2.38. The largest absolute Gasteiger partial charge is 0.504 e. The number of ether oxygens (including phenoxy) is 1. The Morgan fingerprint density at radius 1 is 1.07 bits per heavy atom. The lowest BCUT2D eigenvalue weighted by Crippen LogP contribution is -2.56. The van der Waals surface area contributed by atoms with Gasteiger partial charge < -0.3 is 14.7 Å². The third-order valence-corrected chi connectivity index (χ3v) is 10.6. The second kappa shape index (κ2) is 7.57. The van der Waals surface area contributed by atoms with E-state index in [0.717, 1.165) is 22.3 Å². The van der Waals surface area contributed by atoms with Crippen LogP contribution < -0.4 is 15.1 Å². The molecule has 30 heavy (non-hydrogen) atoms. The predicted molar refractivity (Wildman–Crippen MR) is 131 cm³/mol. The SMILES string of the molecule is COc1ccc2c(c1O)-c1cc([Si](C)(C)C)c([Si](C)(C)C)cc1[C@H](N(C)C(C)=O)C2. The zero-order valence-electron chi connectivity index (χ0n) is 19.8. The van der Waals surface area contributed by atoms with Gasteiger partial charge in [0.2, 0.25) is 5.91 Å². The molecule has 162 valence electrons. The van der Waals surface area contributed by atoms with Gasteiger partial charge in [-0.3, -0.25) is 4.79 Å². The van der Waals surface area contributed by atoms with Gasteiger partial charge in [-0.1, -0.05) is 67.9 Å². The molecule has 0 heterocycles. The van der Waals surface area contributed by atoms with Crippen LogP contribution in [0.3, 0.4) is 0 Å². The molecule has 6 heteroatoms. The van der Waals surface area contributed by atoms with Gasteiger partial charge in [0.05, 0.1) is 29.3 Å². The minimum Gasteiger partial charge on any atom is -0.504 e. The molecule has 0 bridgehead atoms. The first kappa shape index (κ1) is 22.6. The van der Waals surface area contributed by atoms with E-state index in [-0.39, 0.29) is 17.7 Å². The Labute approximate surface area is 182 Å². The number of phenols is 1. The van der Waals surface area contributed by atoms with E-state index in [2.05, 4.69) is 51.4 Å². The van der Waals surface area contributed by atoms with E-state index in [1.54, 1.807) is 14.0 Å². The van der Waals surface area contributed by atoms with Crippen molar-refractivity contribution in [1.82, 2.24) is 4.90 Å². The highest BCUT2D eigenvalue weighted by molar-refractivity contribution is 6.98. The van der Waals surface area contributed by atoms with Gasteiger partial charge in [-0.2, -0.15) is 0 Å². The maximum atomic E-state index is 12.3. The first-order valence-electron chi connectivity index (χ1n) is 10.6. The molecule has 0 aliphatic heterocycles. The van der Waals surface area contributed by atoms with Crippen LogP contribution in [0.15, 0.2) is 24.3 Å². The Kier molecular flexibility index (Phi) is 5.71. The highest BCUT2D eigenvalue weighted by Crippen LogP contribution is 2.48. The van der Waals surface area contributed by atoms with E-state index in [1.165, 1.54) is 10.4 Å². The van der Waals surface area contributed by atoms with Crippen molar-refractivity contribution in [3.05, 3.63) is 35.4 Å². The monoisotopic (exact) mass is 441 g/mol. The number of hydrogen-bond acceptors (Lipinski definition) is 3. The van der Waals surface area contributed by atoms with Crippen LogP contribution in [0.1, 0.15) is 24.1 Å². The number of phenolic OH excluding ortho intramolecular Hbond substituents is 1. The third kappa shape index (κ3) is 3.83. The summed E-state index contributed by atoms with van der Waals surface area (Å²) in [4.78, 5) is 14.2. The molecule has 1 aliphatic carbocycles. The van der Waals surface area contributed by atoms with Crippen molar-refractivity contribution in [2.75, 3.05) is 14.2 Å². The summed E-state index contributed by atoms with van der Waals surface area (Å²) in [5.41, 5.74) is 4.11. The van der Waals surface area contributed by atoms with Crippen LogP contribution in [0.25, 0.3) is 11.1 Å². The Hall–Kier alpha value is -2.06. The molecule has 0 spiro atoms. The van der Waals surface area contributed by atoms with Gasteiger partial charge in [-0.15, -0.1) is 0 Å². The molecule has 0 unspecified atom stereocenters. The van der Waals surface area contributed by atoms with Gasteiger partial charge >= 0.3 is 0 Å². The van der Waals surface area contributed by atoms with Crippen molar-refractivity contribution in [1.29, 1.82) is 0 Å². The van der Waals surface area contributed by atoms with Crippen molar-refractivity contribution in [3.8, 4) is 22.6 Å². The molecule has 4 nitrogen and oxygen atoms in total. The normalized spacial score (nSPS) is 16.0. The molecule has 0 fully saturated rings. The Morgan fingerprint density at radius 3 is 2.13 bits per heavy atom. The molecule has 1 N–H and O–H groups in total. The molecule has 0 saturated heterocycles. The number of benzene rings is 2. The summed E-state index contributed by atoms with van der Waals surface area (Å²) in [6.45, 7) is 15.9. The number of amides is 1. The molecule has 1 aliphatic rings. The van der Waals surface area contributed by atoms with E-state index >= 15 is 0 Å². The van der Waals surface area contributed by atoms with Crippen molar-refractivity contribution >= 4 is 32.4 Å². The smallest absolute Gasteiger partial charge is 0.219 e. The second-order valence-electron chi connectivity index (χ2n) is 10.5. The predicted octanol–water partition coefficient (Wildman–Crippen LogP) is 4.23. The number of hydrogen-bond donors (Lipinski definition) is 1. The van der Waals surface area contributed by atoms with Crippen LogP contribution in [0.5, 0.6) is 11.5 Å². The summed E-state index contributed by atoms with van der Waals surface area (Å²) >= 11 is 0. The van der Waals surface area contributed by atoms with Crippen LogP contribution >= 0.6 is 0 Å². The van der Waals surface area contributed by atoms with Gasteiger partial charge in [0.25, 0.3) is 0 Å². The molecule has 0 aromatic heterocycles. The standard InChI is InChI=1S/C24H35NO3Si2/c1-15(26)25(2)19-12-16-10-11-20(28-3)24(27)23(16)18-14-22(30(7,8)9)21(13-17(18)19)29(4,5)6/h10-11,13-14,19,27H,12H2,1-9H3/t19-/m1/s1. The van der Waals surface area contributed by atoms with Crippen molar-refractivity contribution in [3.63, 3.8) is 0 Å². The molecular weight excluding hydrogens is 406 g/mol. The first-order valence-corrected chi connectivity index (χ1v) is 17.6. The highest BCUT2D eigenvalue weighted by atomic mass is 28.3. The molecule has 0 saturated carbocycles. The van der Waals surface area contributed by atoms with Gasteiger partial charge in [0, 0.05) is 19.5 Å². The van der Waals surface area contributed by atoms with E-state index in [1.807, 2.05) is 24.1 Å². The number of aromatic hydroxyl groups is 1. The molecule has 1 amide bonds. The van der Waals surface area contributed by atoms with Gasteiger partial charge in [0.1, 0.15) is 0 Å². The van der Waals surface area contributed by atoms with E-state index in [4.69, 9.17) is 4.74 Å². The quantitative estimate of drug-likeness (QED) is 0.722. The molecule has 2 aromatic rings. The minimum absolute atomic E-state index is 0.0384. The van der Waals surface area contributed by atoms with E-state index in [9.17, 15) is 9.90 Å². The third-order valence-electron chi connectivity index (χ3n) is 6.26. The van der Waals surface area contributed by atoms with E-state index in [0.29, 0.717) is 12.2 Å². The number of fused-ring (bicyclic) bond motifs is 3. The summed E-state index contributed by atoms with van der Waals surface area (Å²) in [7, 11) is 0.209. The summed E-state index contributed by atoms with van der Waals surface area (Å²) in [5, 5.41) is 14.0. The highest BCUT2D eigenvalue weighted by Gasteiger charge is 2.36. The van der Waals surface area contributed by atoms with Crippen LogP contribution in [0.4, 0.5) is 0 Å². The summed E-state index contributed by atoms with van der Waals surface area (Å²) in [5.74, 6) is 0.736. The lowest BCUT2D eigenvalue weighted by molar-refractivity contribution is -0.129. The number of carbonyl (C=O) groups is 1. The van der Waals surface area contributed by atoms with Crippen molar-refractivity contribution in [2.45, 2.75) is 58.7 Å². The number of rotatable bonds is 4. The maximum absolute atomic E-state index is 12.3. The van der Waals surface area contributed by atoms with Crippen molar-refractivity contribution < 1.29 is 14.6 Å². The second-order valence-corrected chi connectivity index (χ2v) is 20.6. The average molecular weight is 442 g/mol.